The van der Waals surface area contributed by atoms with Crippen molar-refractivity contribution in [1.29, 1.82) is 0 Å². The molecule has 4 heteroatoms. The molecule has 0 saturated heterocycles. The molecule has 0 aliphatic rings. The third-order valence-electron chi connectivity index (χ3n) is 2.73. The van der Waals surface area contributed by atoms with Gasteiger partial charge in [0.05, 0.1) is 6.61 Å². The molecule has 0 radical (unpaired) electrons. The van der Waals surface area contributed by atoms with E-state index in [1.54, 1.807) is 0 Å². The van der Waals surface area contributed by atoms with Crippen molar-refractivity contribution in [2.75, 3.05) is 26.3 Å². The molecule has 0 rings (SSSR count). The summed E-state index contributed by atoms with van der Waals surface area (Å²) in [4.78, 5) is 12.7. The first-order valence-corrected chi connectivity index (χ1v) is 6.61. The van der Waals surface area contributed by atoms with E-state index in [9.17, 15) is 4.79 Å². The molecule has 0 aromatic rings. The Kier molecular flexibility index (Phi) is 10.2. The van der Waals surface area contributed by atoms with E-state index in [2.05, 4.69) is 25.7 Å². The second kappa shape index (κ2) is 10.5. The van der Waals surface area contributed by atoms with Crippen molar-refractivity contribution in [1.82, 2.24) is 4.90 Å². The van der Waals surface area contributed by atoms with E-state index in [0.29, 0.717) is 12.5 Å². The fourth-order valence-corrected chi connectivity index (χ4v) is 1.59. The number of ether oxygens (including phenoxy) is 1. The van der Waals surface area contributed by atoms with Crippen LogP contribution < -0.4 is 0 Å². The van der Waals surface area contributed by atoms with Crippen molar-refractivity contribution in [2.24, 2.45) is 0 Å². The molecule has 102 valence electrons. The number of carboxylic acids is 1. The van der Waals surface area contributed by atoms with Crippen LogP contribution in [-0.2, 0) is 9.53 Å². The molecule has 0 aliphatic carbocycles. The lowest BCUT2D eigenvalue weighted by Gasteiger charge is -2.26. The lowest BCUT2D eigenvalue weighted by atomic mass is 10.2. The SMILES string of the molecule is CCCCOCCN(CCCC(=O)O)C(C)C. The maximum absolute atomic E-state index is 10.4. The van der Waals surface area contributed by atoms with Gasteiger partial charge in [-0.3, -0.25) is 9.69 Å². The fourth-order valence-electron chi connectivity index (χ4n) is 1.59. The van der Waals surface area contributed by atoms with E-state index in [1.165, 1.54) is 0 Å². The zero-order chi connectivity index (χ0) is 13.1. The second-order valence-corrected chi connectivity index (χ2v) is 4.59. The number of nitrogens with zero attached hydrogens (tertiary/aromatic N) is 1. The van der Waals surface area contributed by atoms with Gasteiger partial charge >= 0.3 is 5.97 Å². The lowest BCUT2D eigenvalue weighted by molar-refractivity contribution is -0.137. The van der Waals surface area contributed by atoms with Gasteiger partial charge in [-0.1, -0.05) is 13.3 Å². The summed E-state index contributed by atoms with van der Waals surface area (Å²) in [5, 5.41) is 8.59. The number of unbranched alkanes of at least 4 members (excludes halogenated alkanes) is 1. The van der Waals surface area contributed by atoms with Crippen LogP contribution >= 0.6 is 0 Å². The van der Waals surface area contributed by atoms with Gasteiger partial charge in [-0.25, -0.2) is 0 Å². The van der Waals surface area contributed by atoms with Crippen molar-refractivity contribution >= 4 is 5.97 Å². The third-order valence-corrected chi connectivity index (χ3v) is 2.73. The zero-order valence-corrected chi connectivity index (χ0v) is 11.4. The van der Waals surface area contributed by atoms with Gasteiger partial charge in [0.1, 0.15) is 0 Å². The van der Waals surface area contributed by atoms with Crippen LogP contribution in [-0.4, -0.2) is 48.3 Å². The van der Waals surface area contributed by atoms with Crippen LogP contribution in [0.25, 0.3) is 0 Å². The Bertz CT molecular complexity index is 195. The van der Waals surface area contributed by atoms with Crippen molar-refractivity contribution in [3.8, 4) is 0 Å². The highest BCUT2D eigenvalue weighted by molar-refractivity contribution is 5.66. The normalized spacial score (nSPS) is 11.4. The average Bonchev–Trinajstić information content (AvgIpc) is 2.25. The highest BCUT2D eigenvalue weighted by Crippen LogP contribution is 2.02. The lowest BCUT2D eigenvalue weighted by Crippen LogP contribution is -2.35. The molecule has 0 unspecified atom stereocenters. The predicted octanol–water partition coefficient (Wildman–Crippen LogP) is 2.38. The van der Waals surface area contributed by atoms with E-state index in [-0.39, 0.29) is 6.42 Å². The Morgan fingerprint density at radius 3 is 2.47 bits per heavy atom. The molecule has 0 heterocycles. The van der Waals surface area contributed by atoms with E-state index in [0.717, 1.165) is 39.1 Å². The second-order valence-electron chi connectivity index (χ2n) is 4.59. The molecule has 0 aliphatic heterocycles. The van der Waals surface area contributed by atoms with Crippen LogP contribution in [0.2, 0.25) is 0 Å². The topological polar surface area (TPSA) is 49.8 Å². The van der Waals surface area contributed by atoms with E-state index in [4.69, 9.17) is 9.84 Å². The smallest absolute Gasteiger partial charge is 0.303 e. The summed E-state index contributed by atoms with van der Waals surface area (Å²) in [6, 6.07) is 0.443. The summed E-state index contributed by atoms with van der Waals surface area (Å²) in [6.07, 6.45) is 3.23. The van der Waals surface area contributed by atoms with Gasteiger partial charge in [0.2, 0.25) is 0 Å². The standard InChI is InChI=1S/C13H27NO3/c1-4-5-10-17-11-9-14(12(2)3)8-6-7-13(15)16/h12H,4-11H2,1-3H3,(H,15,16). The van der Waals surface area contributed by atoms with Gasteiger partial charge in [0.25, 0.3) is 0 Å². The minimum absolute atomic E-state index is 0.250. The average molecular weight is 245 g/mol. The van der Waals surface area contributed by atoms with Gasteiger partial charge < -0.3 is 9.84 Å². The summed E-state index contributed by atoms with van der Waals surface area (Å²) >= 11 is 0. The molecule has 0 aromatic carbocycles. The van der Waals surface area contributed by atoms with Gasteiger partial charge in [0.15, 0.2) is 0 Å². The minimum Gasteiger partial charge on any atom is -0.481 e. The van der Waals surface area contributed by atoms with Crippen molar-refractivity contribution in [3.63, 3.8) is 0 Å². The molecule has 0 atom stereocenters. The zero-order valence-electron chi connectivity index (χ0n) is 11.4. The largest absolute Gasteiger partial charge is 0.481 e. The molecule has 17 heavy (non-hydrogen) atoms. The number of hydrogen-bond acceptors (Lipinski definition) is 3. The molecule has 0 spiro atoms. The quantitative estimate of drug-likeness (QED) is 0.568. The number of hydrogen-bond donors (Lipinski definition) is 1. The minimum atomic E-state index is -0.715. The Hall–Kier alpha value is -0.610. The van der Waals surface area contributed by atoms with Crippen molar-refractivity contribution < 1.29 is 14.6 Å². The Morgan fingerprint density at radius 2 is 1.94 bits per heavy atom. The first-order valence-electron chi connectivity index (χ1n) is 6.61. The van der Waals surface area contributed by atoms with Crippen LogP contribution in [0.15, 0.2) is 0 Å². The number of rotatable bonds is 11. The van der Waals surface area contributed by atoms with Crippen LogP contribution in [0, 0.1) is 0 Å². The van der Waals surface area contributed by atoms with Crippen molar-refractivity contribution in [3.05, 3.63) is 0 Å². The molecular formula is C13H27NO3. The predicted molar refractivity (Wildman–Crippen MR) is 69.3 cm³/mol. The van der Waals surface area contributed by atoms with Crippen LogP contribution in [0.5, 0.6) is 0 Å². The van der Waals surface area contributed by atoms with Gasteiger partial charge in [0, 0.05) is 25.6 Å². The van der Waals surface area contributed by atoms with Gasteiger partial charge in [-0.2, -0.15) is 0 Å². The summed E-state index contributed by atoms with van der Waals surface area (Å²) in [5.41, 5.74) is 0. The summed E-state index contributed by atoms with van der Waals surface area (Å²) in [7, 11) is 0. The number of carboxylic acid groups (broad SMARTS) is 1. The van der Waals surface area contributed by atoms with E-state index < -0.39 is 5.97 Å². The highest BCUT2D eigenvalue weighted by Gasteiger charge is 2.09. The summed E-state index contributed by atoms with van der Waals surface area (Å²) in [5.74, 6) is -0.715. The molecule has 0 bridgehead atoms. The van der Waals surface area contributed by atoms with E-state index >= 15 is 0 Å². The Labute approximate surface area is 105 Å². The third kappa shape index (κ3) is 10.3. The molecule has 0 saturated carbocycles. The highest BCUT2D eigenvalue weighted by atomic mass is 16.5. The molecular weight excluding hydrogens is 218 g/mol. The van der Waals surface area contributed by atoms with Gasteiger partial charge in [-0.05, 0) is 33.2 Å². The maximum Gasteiger partial charge on any atom is 0.303 e. The molecule has 0 aromatic heterocycles. The molecule has 0 amide bonds. The van der Waals surface area contributed by atoms with Crippen LogP contribution in [0.4, 0.5) is 0 Å². The summed E-state index contributed by atoms with van der Waals surface area (Å²) in [6.45, 7) is 9.71. The number of aliphatic carboxylic acids is 1. The van der Waals surface area contributed by atoms with Crippen LogP contribution in [0.1, 0.15) is 46.5 Å². The monoisotopic (exact) mass is 245 g/mol. The first-order chi connectivity index (χ1) is 8.07. The Morgan fingerprint density at radius 1 is 1.24 bits per heavy atom. The first kappa shape index (κ1) is 16.4. The summed E-state index contributed by atoms with van der Waals surface area (Å²) < 4.78 is 5.52. The number of carbonyl (C=O) groups is 1. The fraction of sp³-hybridized carbons (Fsp3) is 0.923. The Balaban J connectivity index is 3.64. The van der Waals surface area contributed by atoms with Crippen LogP contribution in [0.3, 0.4) is 0 Å². The van der Waals surface area contributed by atoms with Gasteiger partial charge in [-0.15, -0.1) is 0 Å². The molecule has 1 N–H and O–H groups in total. The molecule has 0 fully saturated rings. The van der Waals surface area contributed by atoms with E-state index in [1.807, 2.05) is 0 Å². The molecule has 4 nitrogen and oxygen atoms in total. The van der Waals surface area contributed by atoms with Crippen molar-refractivity contribution in [2.45, 2.75) is 52.5 Å². The maximum atomic E-state index is 10.4.